The topological polar surface area (TPSA) is 150 Å². The number of rotatable bonds is 11. The first-order chi connectivity index (χ1) is 31.5. The van der Waals surface area contributed by atoms with Crippen LogP contribution in [0.3, 0.4) is 0 Å². The number of benzene rings is 5. The van der Waals surface area contributed by atoms with Gasteiger partial charge in [-0.05, 0) is 202 Å². The van der Waals surface area contributed by atoms with E-state index in [2.05, 4.69) is 0 Å². The third-order valence-corrected chi connectivity index (χ3v) is 13.4. The number of hydrogen-bond acceptors (Lipinski definition) is 12. The lowest BCUT2D eigenvalue weighted by atomic mass is 9.96. The van der Waals surface area contributed by atoms with Crippen LogP contribution in [0.5, 0.6) is 17.2 Å². The molecule has 12 nitrogen and oxygen atoms in total. The van der Waals surface area contributed by atoms with Crippen LogP contribution >= 0.6 is 10.3 Å². The lowest BCUT2D eigenvalue weighted by molar-refractivity contribution is -0.134. The summed E-state index contributed by atoms with van der Waals surface area (Å²) in [5.41, 5.74) is 2.22. The maximum atomic E-state index is 15.2. The summed E-state index contributed by atoms with van der Waals surface area (Å²) in [7, 11) is -3.24. The predicted molar refractivity (Wildman–Crippen MR) is 262 cm³/mol. The molecule has 0 aromatic heterocycles. The van der Waals surface area contributed by atoms with Crippen molar-refractivity contribution >= 4 is 40.5 Å². The highest BCUT2D eigenvalue weighted by molar-refractivity contribution is 8.30. The van der Waals surface area contributed by atoms with Gasteiger partial charge in [-0.3, -0.25) is 9.59 Å². The van der Waals surface area contributed by atoms with Crippen molar-refractivity contribution in [2.24, 2.45) is 0 Å². The van der Waals surface area contributed by atoms with E-state index in [1.165, 1.54) is 0 Å². The van der Waals surface area contributed by atoms with Gasteiger partial charge in [0.15, 0.2) is 5.78 Å². The summed E-state index contributed by atoms with van der Waals surface area (Å²) in [4.78, 5) is 69.7. The normalized spacial score (nSPS) is 12.6. The summed E-state index contributed by atoms with van der Waals surface area (Å²) in [6, 6.07) is 26.7. The first-order valence-electron chi connectivity index (χ1n) is 22.3. The monoisotopic (exact) mass is 948 g/mol. The largest absolute Gasteiger partial charge is 0.514 e. The summed E-state index contributed by atoms with van der Waals surface area (Å²) in [6.07, 6.45) is -2.66. The molecule has 0 bridgehead atoms. The van der Waals surface area contributed by atoms with Gasteiger partial charge in [0.05, 0.1) is 5.92 Å². The lowest BCUT2D eigenvalue weighted by Crippen LogP contribution is -2.26. The summed E-state index contributed by atoms with van der Waals surface area (Å²) in [5, 5.41) is 0. The molecule has 0 saturated heterocycles. The van der Waals surface area contributed by atoms with E-state index in [0.29, 0.717) is 64.8 Å². The second-order valence-corrected chi connectivity index (χ2v) is 22.6. The number of ketones is 1. The highest BCUT2D eigenvalue weighted by Gasteiger charge is 2.40. The fourth-order valence-electron chi connectivity index (χ4n) is 7.36. The van der Waals surface area contributed by atoms with Crippen molar-refractivity contribution in [3.8, 4) is 17.2 Å². The van der Waals surface area contributed by atoms with Crippen molar-refractivity contribution in [2.45, 2.75) is 148 Å². The van der Waals surface area contributed by atoms with E-state index < -0.39 is 57.5 Å². The maximum absolute atomic E-state index is 15.2. The Morgan fingerprint density at radius 1 is 0.441 bits per heavy atom. The molecular weight excluding hydrogens is 885 g/mol. The van der Waals surface area contributed by atoms with Crippen molar-refractivity contribution < 1.29 is 56.6 Å². The summed E-state index contributed by atoms with van der Waals surface area (Å²) in [5.74, 6) is -0.945. The molecule has 1 unspecified atom stereocenters. The molecule has 13 heteroatoms. The molecule has 5 aromatic carbocycles. The van der Waals surface area contributed by atoms with E-state index >= 15 is 4.79 Å². The van der Waals surface area contributed by atoms with E-state index in [4.69, 9.17) is 32.6 Å². The smallest absolute Gasteiger partial charge is 0.428 e. The fourth-order valence-corrected chi connectivity index (χ4v) is 10.9. The third-order valence-electron chi connectivity index (χ3n) is 10.3. The molecule has 68 heavy (non-hydrogen) atoms. The first kappa shape index (κ1) is 52.4. The van der Waals surface area contributed by atoms with Gasteiger partial charge in [0.1, 0.15) is 34.1 Å². The van der Waals surface area contributed by atoms with E-state index in [1.807, 2.05) is 42.5 Å². The van der Waals surface area contributed by atoms with Gasteiger partial charge in [-0.15, -0.1) is 0 Å². The number of carbonyl (C=O) groups excluding carboxylic acids is 5. The van der Waals surface area contributed by atoms with Gasteiger partial charge in [-0.2, -0.15) is 0 Å². The molecule has 362 valence electrons. The highest BCUT2D eigenvalue weighted by atomic mass is 32.3. The summed E-state index contributed by atoms with van der Waals surface area (Å²) < 4.78 is 41.1. The molecule has 0 heterocycles. The van der Waals surface area contributed by atoms with Gasteiger partial charge < -0.3 is 32.6 Å². The van der Waals surface area contributed by atoms with E-state index in [-0.39, 0.29) is 23.0 Å². The summed E-state index contributed by atoms with van der Waals surface area (Å²) >= 11 is 0. The third kappa shape index (κ3) is 12.9. The Hall–Kier alpha value is -6.60. The lowest BCUT2D eigenvalue weighted by Gasteiger charge is -2.42. The van der Waals surface area contributed by atoms with Crippen molar-refractivity contribution in [1.29, 1.82) is 0 Å². The van der Waals surface area contributed by atoms with Crippen LogP contribution in [-0.2, 0) is 23.2 Å². The van der Waals surface area contributed by atoms with E-state index in [0.717, 1.165) is 0 Å². The molecule has 5 rings (SSSR count). The quantitative estimate of drug-likeness (QED) is 0.0536. The fraction of sp³-hybridized carbons (Fsp3) is 0.364. The minimum atomic E-state index is -3.24. The van der Waals surface area contributed by atoms with Crippen molar-refractivity contribution in [1.82, 2.24) is 0 Å². The Kier molecular flexibility index (Phi) is 15.7. The molecule has 0 saturated carbocycles. The standard InChI is InChI=1S/C55H64O12S/c1-32-25-42(26-33(2)46(32)61-50(58)64-53(8,9)10)68(43-27-34(3)47(35(4)28-43)62-51(59)65-54(11,12)13,44-29-36(5)48(37(6)30-44)63-52(60)66-55(14,15)16)67-49(57)38(7)40-23-20-24-41(31-40)45(56)39-21-18-17-19-22-39/h17-31,38H,1-16H3. The maximum Gasteiger partial charge on any atom is 0.514 e. The van der Waals surface area contributed by atoms with Gasteiger partial charge in [-0.1, -0.05) is 48.5 Å². The molecule has 0 fully saturated rings. The minimum Gasteiger partial charge on any atom is -0.428 e. The second kappa shape index (κ2) is 20.3. The molecule has 0 amide bonds. The van der Waals surface area contributed by atoms with E-state index in [9.17, 15) is 19.2 Å². The van der Waals surface area contributed by atoms with Crippen molar-refractivity contribution in [2.75, 3.05) is 0 Å². The Bertz CT molecular complexity index is 2460. The van der Waals surface area contributed by atoms with Crippen LogP contribution in [0, 0.1) is 41.5 Å². The van der Waals surface area contributed by atoms with E-state index in [1.54, 1.807) is 159 Å². The SMILES string of the molecule is Cc1cc(S(OC(=O)C(C)c2cccc(C(=O)c3ccccc3)c2)(c2cc(C)c(OC(=O)OC(C)(C)C)c(C)c2)c2cc(C)c(OC(=O)OC(C)(C)C)c(C)c2)cc(C)c1OC(=O)OC(C)(C)C. The molecule has 0 spiro atoms. The molecule has 0 aliphatic rings. The minimum absolute atomic E-state index is 0.202. The number of hydrogen-bond donors (Lipinski definition) is 0. The number of aryl methyl sites for hydroxylation is 6. The number of carbonyl (C=O) groups is 5. The van der Waals surface area contributed by atoms with Crippen LogP contribution in [0.1, 0.15) is 130 Å². The average Bonchev–Trinajstić information content (AvgIpc) is 3.21. The van der Waals surface area contributed by atoms with Crippen molar-refractivity contribution in [3.63, 3.8) is 0 Å². The summed E-state index contributed by atoms with van der Waals surface area (Å²) in [6.45, 7) is 28.1. The van der Waals surface area contributed by atoms with Gasteiger partial charge in [0.2, 0.25) is 0 Å². The zero-order valence-corrected chi connectivity index (χ0v) is 42.9. The Balaban J connectivity index is 1.80. The van der Waals surface area contributed by atoms with Gasteiger partial charge in [-0.25, -0.2) is 14.4 Å². The molecular formula is C55H64O12S. The van der Waals surface area contributed by atoms with Gasteiger partial charge in [0.25, 0.3) is 0 Å². The Morgan fingerprint density at radius 3 is 1.09 bits per heavy atom. The zero-order chi connectivity index (χ0) is 50.7. The zero-order valence-electron chi connectivity index (χ0n) is 42.0. The molecule has 0 N–H and O–H groups in total. The molecule has 0 radical (unpaired) electrons. The van der Waals surface area contributed by atoms with Crippen LogP contribution < -0.4 is 14.2 Å². The predicted octanol–water partition coefficient (Wildman–Crippen LogP) is 14.3. The number of ether oxygens (including phenoxy) is 6. The molecule has 0 aliphatic carbocycles. The van der Waals surface area contributed by atoms with Crippen LogP contribution in [-0.4, -0.2) is 47.0 Å². The van der Waals surface area contributed by atoms with Crippen molar-refractivity contribution in [3.05, 3.63) is 141 Å². The highest BCUT2D eigenvalue weighted by Crippen LogP contribution is 2.71. The molecule has 0 aliphatic heterocycles. The second-order valence-electron chi connectivity index (χ2n) is 19.9. The van der Waals surface area contributed by atoms with Crippen LogP contribution in [0.2, 0.25) is 0 Å². The van der Waals surface area contributed by atoms with Gasteiger partial charge >= 0.3 is 24.4 Å². The Labute approximate surface area is 402 Å². The van der Waals surface area contributed by atoms with Gasteiger partial charge in [0, 0.05) is 25.8 Å². The molecule has 5 aromatic rings. The Morgan fingerprint density at radius 2 is 0.765 bits per heavy atom. The average molecular weight is 949 g/mol. The van der Waals surface area contributed by atoms with Crippen LogP contribution in [0.25, 0.3) is 0 Å². The van der Waals surface area contributed by atoms with Crippen LogP contribution in [0.15, 0.2) is 106 Å². The first-order valence-corrected chi connectivity index (χ1v) is 23.9. The van der Waals surface area contributed by atoms with Crippen LogP contribution in [0.4, 0.5) is 14.4 Å². The molecule has 1 atom stereocenters.